The van der Waals surface area contributed by atoms with Gasteiger partial charge in [-0.1, -0.05) is 23.8 Å². The number of rotatable bonds is 3. The summed E-state index contributed by atoms with van der Waals surface area (Å²) in [5.41, 5.74) is 0.882. The van der Waals surface area contributed by atoms with Gasteiger partial charge in [0, 0.05) is 0 Å². The lowest BCUT2D eigenvalue weighted by Gasteiger charge is -2.11. The molecule has 0 saturated heterocycles. The highest BCUT2D eigenvalue weighted by Crippen LogP contribution is 2.18. The van der Waals surface area contributed by atoms with Crippen LogP contribution in [-0.4, -0.2) is 17.1 Å². The van der Waals surface area contributed by atoms with Crippen LogP contribution in [0, 0.1) is 12.7 Å². The van der Waals surface area contributed by atoms with Gasteiger partial charge in [0.15, 0.2) is 0 Å². The second-order valence-electron chi connectivity index (χ2n) is 4.41. The Labute approximate surface area is 120 Å². The fourth-order valence-corrected chi connectivity index (χ4v) is 1.78. The average Bonchev–Trinajstić information content (AvgIpc) is 2.43. The Morgan fingerprint density at radius 2 is 1.71 bits per heavy atom. The van der Waals surface area contributed by atoms with Gasteiger partial charge >= 0.3 is 12.0 Å². The number of carbonyl (C=O) groups excluding carboxylic acids is 1. The second-order valence-corrected chi connectivity index (χ2v) is 4.41. The van der Waals surface area contributed by atoms with E-state index >= 15 is 0 Å². The summed E-state index contributed by atoms with van der Waals surface area (Å²) in [4.78, 5) is 22.9. The highest BCUT2D eigenvalue weighted by atomic mass is 19.1. The molecular weight excluding hydrogens is 275 g/mol. The SMILES string of the molecule is Cc1ccc(NC(=O)Nc2ccccc2F)c(C(=O)O)c1. The number of carboxylic acids is 1. The van der Waals surface area contributed by atoms with Crippen molar-refractivity contribution in [3.8, 4) is 0 Å². The van der Waals surface area contributed by atoms with Gasteiger partial charge in [0.1, 0.15) is 5.82 Å². The van der Waals surface area contributed by atoms with Crippen molar-refractivity contribution in [2.45, 2.75) is 6.92 Å². The van der Waals surface area contributed by atoms with E-state index in [2.05, 4.69) is 10.6 Å². The molecule has 0 radical (unpaired) electrons. The molecule has 0 aliphatic rings. The third-order valence-corrected chi connectivity index (χ3v) is 2.78. The third kappa shape index (κ3) is 3.56. The Morgan fingerprint density at radius 3 is 2.38 bits per heavy atom. The fourth-order valence-electron chi connectivity index (χ4n) is 1.78. The minimum Gasteiger partial charge on any atom is -0.478 e. The molecule has 0 heterocycles. The van der Waals surface area contributed by atoms with Crippen molar-refractivity contribution in [2.24, 2.45) is 0 Å². The topological polar surface area (TPSA) is 78.4 Å². The van der Waals surface area contributed by atoms with Crippen molar-refractivity contribution in [2.75, 3.05) is 10.6 Å². The van der Waals surface area contributed by atoms with Crippen LogP contribution in [0.5, 0.6) is 0 Å². The van der Waals surface area contributed by atoms with Crippen molar-refractivity contribution in [3.63, 3.8) is 0 Å². The first-order valence-electron chi connectivity index (χ1n) is 6.14. The van der Waals surface area contributed by atoms with Crippen LogP contribution in [0.1, 0.15) is 15.9 Å². The second kappa shape index (κ2) is 6.04. The van der Waals surface area contributed by atoms with E-state index < -0.39 is 17.8 Å². The number of halogens is 1. The van der Waals surface area contributed by atoms with E-state index in [-0.39, 0.29) is 16.9 Å². The quantitative estimate of drug-likeness (QED) is 0.809. The number of aryl methyl sites for hydroxylation is 1. The van der Waals surface area contributed by atoms with E-state index in [9.17, 15) is 14.0 Å². The summed E-state index contributed by atoms with van der Waals surface area (Å²) < 4.78 is 13.4. The van der Waals surface area contributed by atoms with Gasteiger partial charge in [-0.25, -0.2) is 14.0 Å². The van der Waals surface area contributed by atoms with Gasteiger partial charge in [-0.3, -0.25) is 0 Å². The minimum atomic E-state index is -1.15. The molecule has 0 fully saturated rings. The van der Waals surface area contributed by atoms with Gasteiger partial charge in [-0.2, -0.15) is 0 Å². The van der Waals surface area contributed by atoms with E-state index in [0.29, 0.717) is 0 Å². The molecule has 0 aliphatic heterocycles. The fraction of sp³-hybridized carbons (Fsp3) is 0.0667. The van der Waals surface area contributed by atoms with Crippen LogP contribution in [0.25, 0.3) is 0 Å². The lowest BCUT2D eigenvalue weighted by atomic mass is 10.1. The average molecular weight is 288 g/mol. The summed E-state index contributed by atoms with van der Waals surface area (Å²) in [5, 5.41) is 13.8. The van der Waals surface area contributed by atoms with E-state index in [1.165, 1.54) is 30.3 Å². The standard InChI is InChI=1S/C15H13FN2O3/c1-9-6-7-12(10(8-9)14(19)20)17-15(21)18-13-5-3-2-4-11(13)16/h2-8H,1H3,(H,19,20)(H2,17,18,21). The molecule has 2 aromatic rings. The minimum absolute atomic E-state index is 0.0130. The van der Waals surface area contributed by atoms with Gasteiger partial charge in [-0.05, 0) is 31.2 Å². The highest BCUT2D eigenvalue weighted by Gasteiger charge is 2.13. The largest absolute Gasteiger partial charge is 0.478 e. The molecule has 2 aromatic carbocycles. The molecule has 108 valence electrons. The number of amides is 2. The summed E-state index contributed by atoms with van der Waals surface area (Å²) in [7, 11) is 0. The molecule has 3 N–H and O–H groups in total. The molecule has 2 amide bonds. The van der Waals surface area contributed by atoms with Crippen molar-refractivity contribution in [1.82, 2.24) is 0 Å². The van der Waals surface area contributed by atoms with Crippen molar-refractivity contribution in [3.05, 3.63) is 59.4 Å². The molecule has 21 heavy (non-hydrogen) atoms. The molecule has 2 rings (SSSR count). The van der Waals surface area contributed by atoms with Crippen molar-refractivity contribution >= 4 is 23.4 Å². The molecule has 0 aromatic heterocycles. The first kappa shape index (κ1) is 14.5. The monoisotopic (exact) mass is 288 g/mol. The molecule has 0 unspecified atom stereocenters. The number of hydrogen-bond acceptors (Lipinski definition) is 2. The van der Waals surface area contributed by atoms with E-state index in [4.69, 9.17) is 5.11 Å². The molecule has 6 heteroatoms. The van der Waals surface area contributed by atoms with Gasteiger partial charge in [0.25, 0.3) is 0 Å². The maximum atomic E-state index is 13.4. The van der Waals surface area contributed by atoms with Gasteiger partial charge in [-0.15, -0.1) is 0 Å². The highest BCUT2D eigenvalue weighted by molar-refractivity contribution is 6.04. The number of carbonyl (C=O) groups is 2. The number of nitrogens with one attached hydrogen (secondary N) is 2. The maximum Gasteiger partial charge on any atom is 0.337 e. The van der Waals surface area contributed by atoms with Crippen LogP contribution in [0.2, 0.25) is 0 Å². The van der Waals surface area contributed by atoms with Crippen molar-refractivity contribution < 1.29 is 19.1 Å². The van der Waals surface area contributed by atoms with E-state index in [1.807, 2.05) is 0 Å². The smallest absolute Gasteiger partial charge is 0.337 e. The van der Waals surface area contributed by atoms with Crippen LogP contribution >= 0.6 is 0 Å². The first-order valence-corrected chi connectivity index (χ1v) is 6.14. The summed E-state index contributed by atoms with van der Waals surface area (Å²) in [5.74, 6) is -1.73. The number of urea groups is 1. The van der Waals surface area contributed by atoms with Crippen molar-refractivity contribution in [1.29, 1.82) is 0 Å². The van der Waals surface area contributed by atoms with Gasteiger partial charge in [0.2, 0.25) is 0 Å². The number of anilines is 2. The Balaban J connectivity index is 2.17. The lowest BCUT2D eigenvalue weighted by molar-refractivity contribution is 0.0698. The van der Waals surface area contributed by atoms with Crippen LogP contribution in [0.15, 0.2) is 42.5 Å². The van der Waals surface area contributed by atoms with Crippen LogP contribution in [-0.2, 0) is 0 Å². The zero-order valence-electron chi connectivity index (χ0n) is 11.2. The zero-order chi connectivity index (χ0) is 15.4. The van der Waals surface area contributed by atoms with E-state index in [0.717, 1.165) is 5.56 Å². The van der Waals surface area contributed by atoms with Crippen LogP contribution in [0.3, 0.4) is 0 Å². The molecule has 5 nitrogen and oxygen atoms in total. The Kier molecular flexibility index (Phi) is 4.18. The zero-order valence-corrected chi connectivity index (χ0v) is 11.2. The lowest BCUT2D eigenvalue weighted by Crippen LogP contribution is -2.21. The summed E-state index contributed by atoms with van der Waals surface area (Å²) >= 11 is 0. The number of benzene rings is 2. The number of hydrogen-bond donors (Lipinski definition) is 3. The van der Waals surface area contributed by atoms with Crippen LogP contribution < -0.4 is 10.6 Å². The molecule has 0 aliphatic carbocycles. The van der Waals surface area contributed by atoms with E-state index in [1.54, 1.807) is 19.1 Å². The Bertz CT molecular complexity index is 701. The number of aromatic carboxylic acids is 1. The maximum absolute atomic E-state index is 13.4. The Hall–Kier alpha value is -2.89. The number of carboxylic acid groups (broad SMARTS) is 1. The first-order chi connectivity index (χ1) is 9.97. The predicted octanol–water partition coefficient (Wildman–Crippen LogP) is 3.48. The number of para-hydroxylation sites is 1. The van der Waals surface area contributed by atoms with Gasteiger partial charge < -0.3 is 15.7 Å². The summed E-state index contributed by atoms with van der Waals surface area (Å²) in [6.45, 7) is 1.75. The molecule has 0 spiro atoms. The molecule has 0 saturated carbocycles. The predicted molar refractivity (Wildman–Crippen MR) is 77.2 cm³/mol. The third-order valence-electron chi connectivity index (χ3n) is 2.78. The van der Waals surface area contributed by atoms with Crippen LogP contribution in [0.4, 0.5) is 20.6 Å². The normalized spacial score (nSPS) is 10.0. The summed E-state index contributed by atoms with van der Waals surface area (Å²) in [6, 6.07) is 9.58. The molecule has 0 atom stereocenters. The molecule has 0 bridgehead atoms. The van der Waals surface area contributed by atoms with Gasteiger partial charge in [0.05, 0.1) is 16.9 Å². The summed E-state index contributed by atoms with van der Waals surface area (Å²) in [6.07, 6.45) is 0. The Morgan fingerprint density at radius 1 is 1.05 bits per heavy atom. The molecular formula is C15H13FN2O3.